The summed E-state index contributed by atoms with van der Waals surface area (Å²) in [5, 5.41) is 3.58. The fourth-order valence-corrected chi connectivity index (χ4v) is 1.72. The number of nitrogens with zero attached hydrogens (tertiary/aromatic N) is 3. The highest BCUT2D eigenvalue weighted by atomic mass is 79.9. The average molecular weight is 328 g/mol. The molecule has 0 bridgehead atoms. The van der Waals surface area contributed by atoms with Crippen LogP contribution in [0, 0.1) is 0 Å². The molecule has 98 valence electrons. The van der Waals surface area contributed by atoms with Crippen LogP contribution in [0.25, 0.3) is 5.65 Å². The van der Waals surface area contributed by atoms with Gasteiger partial charge in [0.2, 0.25) is 4.73 Å². The van der Waals surface area contributed by atoms with Crippen molar-refractivity contribution in [1.29, 1.82) is 0 Å². The first kappa shape index (κ1) is 13.1. The molecule has 4 nitrogen and oxygen atoms in total. The van der Waals surface area contributed by atoms with Gasteiger partial charge in [-0.15, -0.1) is 5.10 Å². The predicted octanol–water partition coefficient (Wildman–Crippen LogP) is 2.86. The highest BCUT2D eigenvalue weighted by molar-refractivity contribution is 9.10. The van der Waals surface area contributed by atoms with Gasteiger partial charge >= 0.3 is 6.18 Å². The molecule has 0 aliphatic heterocycles. The van der Waals surface area contributed by atoms with Gasteiger partial charge in [0.15, 0.2) is 11.4 Å². The molecule has 0 aromatic carbocycles. The van der Waals surface area contributed by atoms with Gasteiger partial charge in [-0.2, -0.15) is 18.2 Å². The Bertz CT molecular complexity index is 569. The third kappa shape index (κ3) is 2.40. The summed E-state index contributed by atoms with van der Waals surface area (Å²) in [6, 6.07) is 1.90. The minimum Gasteiger partial charge on any atom is -0.487 e. The van der Waals surface area contributed by atoms with E-state index in [-0.39, 0.29) is 22.7 Å². The largest absolute Gasteiger partial charge is 0.487 e. The molecule has 0 unspecified atom stereocenters. The molecule has 0 saturated heterocycles. The smallest absolute Gasteiger partial charge is 0.433 e. The zero-order valence-corrected chi connectivity index (χ0v) is 10.3. The molecule has 2 aromatic heterocycles. The van der Waals surface area contributed by atoms with Gasteiger partial charge in [0.1, 0.15) is 19.0 Å². The van der Waals surface area contributed by atoms with E-state index in [1.54, 1.807) is 0 Å². The normalized spacial score (nSPS) is 12.1. The summed E-state index contributed by atoms with van der Waals surface area (Å²) in [7, 11) is 0. The topological polar surface area (TPSA) is 39.4 Å². The SMILES string of the molecule is FCCOc1ccc(C(F)(F)F)n2nc(Br)nc12. The minimum atomic E-state index is -4.57. The average Bonchev–Trinajstić information content (AvgIpc) is 2.65. The number of ether oxygens (including phenoxy) is 1. The molecule has 2 aromatic rings. The molecule has 0 radical (unpaired) electrons. The van der Waals surface area contributed by atoms with Crippen LogP contribution in [0.5, 0.6) is 5.75 Å². The highest BCUT2D eigenvalue weighted by Crippen LogP contribution is 2.32. The second kappa shape index (κ2) is 4.71. The Balaban J connectivity index is 2.58. The molecule has 0 saturated carbocycles. The minimum absolute atomic E-state index is 0.00991. The summed E-state index contributed by atoms with van der Waals surface area (Å²) in [5.74, 6) is 0.0406. The Morgan fingerprint density at radius 2 is 2.06 bits per heavy atom. The maximum Gasteiger partial charge on any atom is 0.433 e. The Labute approximate surface area is 107 Å². The van der Waals surface area contributed by atoms with Crippen molar-refractivity contribution in [2.75, 3.05) is 13.3 Å². The highest BCUT2D eigenvalue weighted by Gasteiger charge is 2.35. The van der Waals surface area contributed by atoms with Gasteiger partial charge < -0.3 is 4.74 Å². The first-order valence-electron chi connectivity index (χ1n) is 4.74. The molecule has 0 amide bonds. The Kier molecular flexibility index (Phi) is 3.42. The fraction of sp³-hybridized carbons (Fsp3) is 0.333. The first-order valence-corrected chi connectivity index (χ1v) is 5.54. The molecule has 18 heavy (non-hydrogen) atoms. The van der Waals surface area contributed by atoms with Crippen molar-refractivity contribution in [3.8, 4) is 5.75 Å². The molecule has 0 fully saturated rings. The summed E-state index contributed by atoms with van der Waals surface area (Å²) in [4.78, 5) is 3.76. The van der Waals surface area contributed by atoms with Gasteiger partial charge in [-0.1, -0.05) is 0 Å². The number of halogens is 5. The summed E-state index contributed by atoms with van der Waals surface area (Å²) < 4.78 is 55.7. The van der Waals surface area contributed by atoms with E-state index in [0.29, 0.717) is 4.52 Å². The van der Waals surface area contributed by atoms with Gasteiger partial charge in [-0.3, -0.25) is 0 Å². The van der Waals surface area contributed by atoms with Crippen LogP contribution >= 0.6 is 15.9 Å². The number of hydrogen-bond donors (Lipinski definition) is 0. The first-order chi connectivity index (χ1) is 8.43. The third-order valence-corrected chi connectivity index (χ3v) is 2.38. The van der Waals surface area contributed by atoms with Crippen LogP contribution in [-0.4, -0.2) is 27.9 Å². The number of pyridine rings is 1. The van der Waals surface area contributed by atoms with Gasteiger partial charge in [-0.25, -0.2) is 8.91 Å². The molecule has 2 rings (SSSR count). The van der Waals surface area contributed by atoms with Crippen LogP contribution in [0.1, 0.15) is 5.69 Å². The lowest BCUT2D eigenvalue weighted by Gasteiger charge is -2.10. The van der Waals surface area contributed by atoms with Crippen LogP contribution < -0.4 is 4.74 Å². The van der Waals surface area contributed by atoms with E-state index in [9.17, 15) is 17.6 Å². The number of aromatic nitrogens is 3. The Hall–Kier alpha value is -1.38. The Morgan fingerprint density at radius 1 is 1.33 bits per heavy atom. The zero-order valence-electron chi connectivity index (χ0n) is 8.71. The van der Waals surface area contributed by atoms with Crippen molar-refractivity contribution in [3.05, 3.63) is 22.6 Å². The second-order valence-electron chi connectivity index (χ2n) is 3.23. The molecular formula is C9H6BrF4N3O. The quantitative estimate of drug-likeness (QED) is 0.814. The van der Waals surface area contributed by atoms with Gasteiger partial charge in [0, 0.05) is 0 Å². The van der Waals surface area contributed by atoms with E-state index in [0.717, 1.165) is 12.1 Å². The van der Waals surface area contributed by atoms with Gasteiger partial charge in [0.25, 0.3) is 0 Å². The van der Waals surface area contributed by atoms with Crippen molar-refractivity contribution < 1.29 is 22.3 Å². The van der Waals surface area contributed by atoms with Crippen molar-refractivity contribution in [3.63, 3.8) is 0 Å². The van der Waals surface area contributed by atoms with Crippen LogP contribution in [-0.2, 0) is 6.18 Å². The lowest BCUT2D eigenvalue weighted by molar-refractivity contribution is -0.142. The van der Waals surface area contributed by atoms with Gasteiger partial charge in [0.05, 0.1) is 0 Å². The number of hydrogen-bond acceptors (Lipinski definition) is 3. The van der Waals surface area contributed by atoms with Gasteiger partial charge in [-0.05, 0) is 28.1 Å². The van der Waals surface area contributed by atoms with Crippen molar-refractivity contribution >= 4 is 21.6 Å². The number of alkyl halides is 4. The lowest BCUT2D eigenvalue weighted by Crippen LogP contribution is -2.13. The van der Waals surface area contributed by atoms with E-state index in [4.69, 9.17) is 4.74 Å². The molecule has 0 atom stereocenters. The van der Waals surface area contributed by atoms with Crippen molar-refractivity contribution in [2.24, 2.45) is 0 Å². The predicted molar refractivity (Wildman–Crippen MR) is 57.2 cm³/mol. The van der Waals surface area contributed by atoms with Crippen LogP contribution in [0.3, 0.4) is 0 Å². The maximum absolute atomic E-state index is 12.7. The maximum atomic E-state index is 12.7. The second-order valence-corrected chi connectivity index (χ2v) is 3.94. The molecule has 2 heterocycles. The molecule has 0 aliphatic carbocycles. The number of rotatable bonds is 3. The van der Waals surface area contributed by atoms with Crippen LogP contribution in [0.4, 0.5) is 17.6 Å². The standard InChI is InChI=1S/C9H6BrF4N3O/c10-8-15-7-5(18-4-3-11)1-2-6(9(12,13)14)17(7)16-8/h1-2H,3-4H2. The zero-order chi connectivity index (χ0) is 13.3. The van der Waals surface area contributed by atoms with Crippen LogP contribution in [0.15, 0.2) is 16.9 Å². The summed E-state index contributed by atoms with van der Waals surface area (Å²) in [6.07, 6.45) is -4.57. The molecule has 0 spiro atoms. The molecular weight excluding hydrogens is 322 g/mol. The summed E-state index contributed by atoms with van der Waals surface area (Å²) in [6.45, 7) is -1.01. The third-order valence-electron chi connectivity index (χ3n) is 2.05. The fourth-order valence-electron chi connectivity index (χ4n) is 1.39. The molecule has 0 N–H and O–H groups in total. The van der Waals surface area contributed by atoms with E-state index in [2.05, 4.69) is 26.0 Å². The lowest BCUT2D eigenvalue weighted by atomic mass is 10.3. The Morgan fingerprint density at radius 3 is 2.67 bits per heavy atom. The monoisotopic (exact) mass is 327 g/mol. The summed E-state index contributed by atoms with van der Waals surface area (Å²) >= 11 is 2.89. The van der Waals surface area contributed by atoms with Crippen molar-refractivity contribution in [1.82, 2.24) is 14.6 Å². The van der Waals surface area contributed by atoms with E-state index >= 15 is 0 Å². The van der Waals surface area contributed by atoms with E-state index < -0.39 is 18.5 Å². The van der Waals surface area contributed by atoms with Crippen LogP contribution in [0.2, 0.25) is 0 Å². The molecule has 9 heteroatoms. The van der Waals surface area contributed by atoms with E-state index in [1.807, 2.05) is 0 Å². The number of fused-ring (bicyclic) bond motifs is 1. The van der Waals surface area contributed by atoms with Crippen molar-refractivity contribution in [2.45, 2.75) is 6.18 Å². The van der Waals surface area contributed by atoms with E-state index in [1.165, 1.54) is 0 Å². The molecule has 0 aliphatic rings. The summed E-state index contributed by atoms with van der Waals surface area (Å²) in [5.41, 5.74) is -1.10.